The van der Waals surface area contributed by atoms with Crippen LogP contribution in [0, 0.1) is 27.7 Å². The second kappa shape index (κ2) is 7.13. The molecule has 0 unspecified atom stereocenters. The summed E-state index contributed by atoms with van der Waals surface area (Å²) in [6.45, 7) is 8.27. The monoisotopic (exact) mass is 369 g/mol. The van der Waals surface area contributed by atoms with Gasteiger partial charge in [-0.3, -0.25) is 4.79 Å². The first kappa shape index (κ1) is 19.4. The molecule has 0 bridgehead atoms. The van der Waals surface area contributed by atoms with Gasteiger partial charge in [-0.05, 0) is 56.9 Å². The number of cyclic esters (lactones) is 1. The predicted molar refractivity (Wildman–Crippen MR) is 90.6 cm³/mol. The molecule has 7 nitrogen and oxygen atoms in total. The summed E-state index contributed by atoms with van der Waals surface area (Å²) in [5.41, 5.74) is 2.98. The number of nitrogens with one attached hydrogen (secondary N) is 1. The summed E-state index contributed by atoms with van der Waals surface area (Å²) < 4.78 is 37.4. The highest BCUT2D eigenvalue weighted by Crippen LogP contribution is 2.25. The van der Waals surface area contributed by atoms with Crippen LogP contribution in [0.5, 0.6) is 0 Å². The normalized spacial score (nSPS) is 20.4. The van der Waals surface area contributed by atoms with E-state index in [4.69, 9.17) is 9.47 Å². The minimum Gasteiger partial charge on any atom is -0.460 e. The smallest absolute Gasteiger partial charge is 0.347 e. The lowest BCUT2D eigenvalue weighted by Gasteiger charge is -2.16. The van der Waals surface area contributed by atoms with Crippen molar-refractivity contribution in [1.29, 1.82) is 0 Å². The van der Waals surface area contributed by atoms with Crippen LogP contribution in [0.2, 0.25) is 0 Å². The van der Waals surface area contributed by atoms with E-state index in [0.717, 1.165) is 11.1 Å². The molecule has 1 saturated heterocycles. The van der Waals surface area contributed by atoms with Crippen molar-refractivity contribution in [2.75, 3.05) is 6.54 Å². The van der Waals surface area contributed by atoms with Gasteiger partial charge < -0.3 is 9.47 Å². The number of rotatable bonds is 5. The molecule has 1 aromatic rings. The van der Waals surface area contributed by atoms with Gasteiger partial charge in [0.05, 0.1) is 4.90 Å². The van der Waals surface area contributed by atoms with Crippen LogP contribution in [0.3, 0.4) is 0 Å². The number of carbonyl (C=O) groups is 2. The molecule has 25 heavy (non-hydrogen) atoms. The minimum absolute atomic E-state index is 0.173. The molecular formula is C17H23NO6S. The third-order valence-corrected chi connectivity index (χ3v) is 6.05. The lowest BCUT2D eigenvalue weighted by atomic mass is 10.0. The van der Waals surface area contributed by atoms with Crippen LogP contribution in [-0.4, -0.2) is 39.1 Å². The average molecular weight is 369 g/mol. The first-order valence-corrected chi connectivity index (χ1v) is 9.48. The first-order chi connectivity index (χ1) is 11.5. The number of benzene rings is 1. The number of carbonyl (C=O) groups excluding carboxylic acids is 2. The van der Waals surface area contributed by atoms with Gasteiger partial charge in [-0.2, -0.15) is 4.72 Å². The molecule has 8 heteroatoms. The van der Waals surface area contributed by atoms with E-state index in [1.165, 1.54) is 0 Å². The number of sulfonamides is 1. The largest absolute Gasteiger partial charge is 0.460 e. The third-order valence-electron chi connectivity index (χ3n) is 4.37. The second-order valence-corrected chi connectivity index (χ2v) is 8.08. The van der Waals surface area contributed by atoms with Crippen LogP contribution < -0.4 is 4.72 Å². The van der Waals surface area contributed by atoms with Crippen LogP contribution in [0.25, 0.3) is 0 Å². The van der Waals surface area contributed by atoms with Crippen LogP contribution in [0.4, 0.5) is 0 Å². The van der Waals surface area contributed by atoms with Gasteiger partial charge in [0.1, 0.15) is 12.6 Å². The molecule has 0 aliphatic carbocycles. The van der Waals surface area contributed by atoms with Crippen LogP contribution in [0.1, 0.15) is 35.6 Å². The molecule has 1 fully saturated rings. The second-order valence-electron chi connectivity index (χ2n) is 6.38. The van der Waals surface area contributed by atoms with Gasteiger partial charge in [-0.15, -0.1) is 0 Å². The molecule has 0 amide bonds. The maximum Gasteiger partial charge on any atom is 0.347 e. The standard InChI is InChI=1S/C17H23NO6S/c1-9-6-10(2)13(5)16(12(9)4)25(21,22)18-8-15(19)24-14-7-11(3)23-17(14)20/h6,11,14,18H,7-8H2,1-5H3/t11-,14-/m0/s1. The quantitative estimate of drug-likeness (QED) is 0.789. The SMILES string of the molecule is Cc1cc(C)c(C)c(S(=O)(=O)NCC(=O)O[C@H]2C[C@H](C)OC2=O)c1C. The minimum atomic E-state index is -3.89. The lowest BCUT2D eigenvalue weighted by molar-refractivity contribution is -0.160. The van der Waals surface area contributed by atoms with E-state index in [1.807, 2.05) is 19.9 Å². The molecule has 1 aliphatic rings. The maximum absolute atomic E-state index is 12.6. The lowest BCUT2D eigenvalue weighted by Crippen LogP contribution is -2.34. The predicted octanol–water partition coefficient (Wildman–Crippen LogP) is 1.45. The molecule has 2 rings (SSSR count). The highest BCUT2D eigenvalue weighted by atomic mass is 32.2. The third kappa shape index (κ3) is 4.19. The Morgan fingerprint density at radius 1 is 1.24 bits per heavy atom. The molecule has 0 saturated carbocycles. The van der Waals surface area contributed by atoms with Crippen LogP contribution in [-0.2, 0) is 29.1 Å². The topological polar surface area (TPSA) is 98.8 Å². The van der Waals surface area contributed by atoms with Crippen molar-refractivity contribution in [3.63, 3.8) is 0 Å². The fourth-order valence-corrected chi connectivity index (χ4v) is 4.41. The molecule has 2 atom stereocenters. The average Bonchev–Trinajstić information content (AvgIpc) is 2.81. The number of hydrogen-bond donors (Lipinski definition) is 1. The maximum atomic E-state index is 12.6. The van der Waals surface area contributed by atoms with E-state index in [0.29, 0.717) is 11.1 Å². The molecule has 1 heterocycles. The Balaban J connectivity index is 2.10. The molecule has 1 aromatic carbocycles. The van der Waals surface area contributed by atoms with Crippen molar-refractivity contribution in [1.82, 2.24) is 4.72 Å². The van der Waals surface area contributed by atoms with E-state index >= 15 is 0 Å². The molecule has 1 aliphatic heterocycles. The van der Waals surface area contributed by atoms with Gasteiger partial charge in [0.15, 0.2) is 0 Å². The van der Waals surface area contributed by atoms with Crippen molar-refractivity contribution in [3.05, 3.63) is 28.3 Å². The fraction of sp³-hybridized carbons (Fsp3) is 0.529. The molecule has 138 valence electrons. The van der Waals surface area contributed by atoms with Crippen LogP contribution >= 0.6 is 0 Å². The number of esters is 2. The van der Waals surface area contributed by atoms with Crippen molar-refractivity contribution in [2.24, 2.45) is 0 Å². The molecule has 1 N–H and O–H groups in total. The summed E-state index contributed by atoms with van der Waals surface area (Å²) in [4.78, 5) is 23.5. The highest BCUT2D eigenvalue weighted by Gasteiger charge is 2.35. The van der Waals surface area contributed by atoms with Gasteiger partial charge in [-0.1, -0.05) is 6.07 Å². The fourth-order valence-electron chi connectivity index (χ4n) is 2.83. The summed E-state index contributed by atoms with van der Waals surface area (Å²) >= 11 is 0. The zero-order valence-electron chi connectivity index (χ0n) is 15.0. The summed E-state index contributed by atoms with van der Waals surface area (Å²) in [5.74, 6) is -1.43. The Labute approximate surface area is 147 Å². The van der Waals surface area contributed by atoms with Gasteiger partial charge in [0, 0.05) is 6.42 Å². The van der Waals surface area contributed by atoms with Crippen molar-refractivity contribution in [3.8, 4) is 0 Å². The Bertz CT molecular complexity index is 789. The van der Waals surface area contributed by atoms with Gasteiger partial charge in [-0.25, -0.2) is 13.2 Å². The number of hydrogen-bond acceptors (Lipinski definition) is 6. The first-order valence-electron chi connectivity index (χ1n) is 8.00. The Morgan fingerprint density at radius 3 is 2.28 bits per heavy atom. The van der Waals surface area contributed by atoms with E-state index in [-0.39, 0.29) is 17.4 Å². The number of ether oxygens (including phenoxy) is 2. The molecule has 0 aromatic heterocycles. The Morgan fingerprint density at radius 2 is 1.80 bits per heavy atom. The van der Waals surface area contributed by atoms with Gasteiger partial charge in [0.25, 0.3) is 0 Å². The van der Waals surface area contributed by atoms with Crippen molar-refractivity contribution < 1.29 is 27.5 Å². The van der Waals surface area contributed by atoms with Crippen molar-refractivity contribution >= 4 is 22.0 Å². The van der Waals surface area contributed by atoms with E-state index in [9.17, 15) is 18.0 Å². The highest BCUT2D eigenvalue weighted by molar-refractivity contribution is 7.89. The van der Waals surface area contributed by atoms with Gasteiger partial charge >= 0.3 is 11.9 Å². The number of aryl methyl sites for hydroxylation is 2. The van der Waals surface area contributed by atoms with Crippen LogP contribution in [0.15, 0.2) is 11.0 Å². The van der Waals surface area contributed by atoms with Crippen molar-refractivity contribution in [2.45, 2.75) is 58.1 Å². The van der Waals surface area contributed by atoms with E-state index in [2.05, 4.69) is 4.72 Å². The zero-order valence-corrected chi connectivity index (χ0v) is 15.8. The zero-order chi connectivity index (χ0) is 18.9. The summed E-state index contributed by atoms with van der Waals surface area (Å²) in [6, 6.07) is 1.92. The Kier molecular flexibility index (Phi) is 5.53. The van der Waals surface area contributed by atoms with E-state index < -0.39 is 34.6 Å². The summed E-state index contributed by atoms with van der Waals surface area (Å²) in [5, 5.41) is 0. The van der Waals surface area contributed by atoms with E-state index in [1.54, 1.807) is 20.8 Å². The molecule has 0 radical (unpaired) electrons. The summed E-state index contributed by atoms with van der Waals surface area (Å²) in [7, 11) is -3.89. The summed E-state index contributed by atoms with van der Waals surface area (Å²) in [6.07, 6.45) is -1.02. The Hall–Kier alpha value is -1.93. The van der Waals surface area contributed by atoms with Gasteiger partial charge in [0.2, 0.25) is 16.1 Å². The molecule has 0 spiro atoms. The molecular weight excluding hydrogens is 346 g/mol.